The van der Waals surface area contributed by atoms with Crippen LogP contribution < -0.4 is 0 Å². The van der Waals surface area contributed by atoms with Crippen molar-refractivity contribution < 1.29 is 14.6 Å². The van der Waals surface area contributed by atoms with Crippen LogP contribution >= 0.6 is 0 Å². The number of hydrogen-bond acceptors (Lipinski definition) is 3. The van der Waals surface area contributed by atoms with Crippen LogP contribution in [0, 0.1) is 0 Å². The molecule has 0 aliphatic carbocycles. The Bertz CT molecular complexity index is 186. The molecule has 3 nitrogen and oxygen atoms in total. The summed E-state index contributed by atoms with van der Waals surface area (Å²) in [4.78, 5) is 11.0. The molecule has 12 heavy (non-hydrogen) atoms. The summed E-state index contributed by atoms with van der Waals surface area (Å²) in [7, 11) is 0. The van der Waals surface area contributed by atoms with Gasteiger partial charge >= 0.3 is 0 Å². The predicted octanol–water partition coefficient (Wildman–Crippen LogP) is 0.671. The lowest BCUT2D eigenvalue weighted by molar-refractivity contribution is -0.128. The largest absolute Gasteiger partial charge is 0.396 e. The summed E-state index contributed by atoms with van der Waals surface area (Å²) in [6.45, 7) is 1.92. The van der Waals surface area contributed by atoms with Crippen molar-refractivity contribution in [1.82, 2.24) is 0 Å². The standard InChI is InChI=1S/C9H14O3/c1-7-9(11)5-4-8(12-7)3-2-6-10/h4-5,7-8,10H,2-3,6H2,1H3. The Labute approximate surface area is 72.0 Å². The number of aliphatic hydroxyl groups excluding tert-OH is 1. The molecule has 1 aliphatic heterocycles. The zero-order chi connectivity index (χ0) is 8.97. The second-order valence-electron chi connectivity index (χ2n) is 2.94. The van der Waals surface area contributed by atoms with Gasteiger partial charge in [0.05, 0.1) is 6.10 Å². The van der Waals surface area contributed by atoms with E-state index >= 15 is 0 Å². The van der Waals surface area contributed by atoms with Gasteiger partial charge < -0.3 is 9.84 Å². The third-order valence-electron chi connectivity index (χ3n) is 1.90. The van der Waals surface area contributed by atoms with E-state index in [2.05, 4.69) is 0 Å². The van der Waals surface area contributed by atoms with Gasteiger partial charge in [-0.1, -0.05) is 6.08 Å². The van der Waals surface area contributed by atoms with E-state index in [1.807, 2.05) is 0 Å². The molecule has 0 bridgehead atoms. The van der Waals surface area contributed by atoms with Gasteiger partial charge in [0.1, 0.15) is 6.10 Å². The number of hydrogen-bond donors (Lipinski definition) is 1. The highest BCUT2D eigenvalue weighted by Crippen LogP contribution is 2.13. The van der Waals surface area contributed by atoms with Gasteiger partial charge in [-0.05, 0) is 25.8 Å². The fourth-order valence-corrected chi connectivity index (χ4v) is 1.17. The van der Waals surface area contributed by atoms with E-state index in [0.717, 1.165) is 12.8 Å². The van der Waals surface area contributed by atoms with Crippen molar-refractivity contribution in [1.29, 1.82) is 0 Å². The lowest BCUT2D eigenvalue weighted by Crippen LogP contribution is -2.29. The minimum Gasteiger partial charge on any atom is -0.396 e. The first kappa shape index (κ1) is 9.42. The molecule has 0 spiro atoms. The monoisotopic (exact) mass is 170 g/mol. The smallest absolute Gasteiger partial charge is 0.183 e. The first-order valence-electron chi connectivity index (χ1n) is 4.22. The van der Waals surface area contributed by atoms with E-state index in [1.54, 1.807) is 19.1 Å². The normalized spacial score (nSPS) is 29.3. The van der Waals surface area contributed by atoms with Crippen LogP contribution in [0.4, 0.5) is 0 Å². The van der Waals surface area contributed by atoms with Gasteiger partial charge in [0.2, 0.25) is 0 Å². The van der Waals surface area contributed by atoms with E-state index in [1.165, 1.54) is 0 Å². The molecule has 0 amide bonds. The van der Waals surface area contributed by atoms with Gasteiger partial charge in [0, 0.05) is 6.61 Å². The van der Waals surface area contributed by atoms with Gasteiger partial charge in [-0.25, -0.2) is 0 Å². The number of rotatable bonds is 3. The highest BCUT2D eigenvalue weighted by Gasteiger charge is 2.19. The van der Waals surface area contributed by atoms with Crippen LogP contribution in [-0.2, 0) is 9.53 Å². The third-order valence-corrected chi connectivity index (χ3v) is 1.90. The molecule has 0 aromatic heterocycles. The molecule has 2 atom stereocenters. The van der Waals surface area contributed by atoms with Gasteiger partial charge in [0.25, 0.3) is 0 Å². The molecular formula is C9H14O3. The molecule has 0 aromatic carbocycles. The van der Waals surface area contributed by atoms with Crippen LogP contribution in [0.15, 0.2) is 12.2 Å². The zero-order valence-electron chi connectivity index (χ0n) is 7.19. The summed E-state index contributed by atoms with van der Waals surface area (Å²) in [6.07, 6.45) is 4.51. The van der Waals surface area contributed by atoms with Crippen LogP contribution in [0.5, 0.6) is 0 Å². The molecule has 0 saturated heterocycles. The molecule has 1 aliphatic rings. The fraction of sp³-hybridized carbons (Fsp3) is 0.667. The van der Waals surface area contributed by atoms with Crippen LogP contribution in [0.25, 0.3) is 0 Å². The summed E-state index contributed by atoms with van der Waals surface area (Å²) in [6, 6.07) is 0. The molecular weight excluding hydrogens is 156 g/mol. The van der Waals surface area contributed by atoms with Crippen molar-refractivity contribution in [2.24, 2.45) is 0 Å². The van der Waals surface area contributed by atoms with Gasteiger partial charge in [-0.3, -0.25) is 4.79 Å². The Morgan fingerprint density at radius 1 is 1.67 bits per heavy atom. The van der Waals surface area contributed by atoms with Crippen molar-refractivity contribution >= 4 is 5.78 Å². The number of carbonyl (C=O) groups excluding carboxylic acids is 1. The molecule has 3 heteroatoms. The minimum atomic E-state index is -0.321. The van der Waals surface area contributed by atoms with Crippen LogP contribution in [0.3, 0.4) is 0 Å². The van der Waals surface area contributed by atoms with E-state index in [-0.39, 0.29) is 24.6 Å². The van der Waals surface area contributed by atoms with E-state index < -0.39 is 0 Å². The number of aliphatic hydroxyl groups is 1. The minimum absolute atomic E-state index is 0.00449. The van der Waals surface area contributed by atoms with E-state index in [0.29, 0.717) is 0 Å². The summed E-state index contributed by atoms with van der Waals surface area (Å²) in [5, 5.41) is 8.57. The fourth-order valence-electron chi connectivity index (χ4n) is 1.17. The van der Waals surface area contributed by atoms with E-state index in [4.69, 9.17) is 9.84 Å². The van der Waals surface area contributed by atoms with E-state index in [9.17, 15) is 4.79 Å². The maximum Gasteiger partial charge on any atom is 0.183 e. The second kappa shape index (κ2) is 4.38. The predicted molar refractivity (Wildman–Crippen MR) is 44.8 cm³/mol. The Kier molecular flexibility index (Phi) is 3.44. The molecule has 0 aromatic rings. The van der Waals surface area contributed by atoms with Gasteiger partial charge in [-0.2, -0.15) is 0 Å². The van der Waals surface area contributed by atoms with Crippen molar-refractivity contribution in [2.75, 3.05) is 6.61 Å². The lowest BCUT2D eigenvalue weighted by atomic mass is 10.1. The molecule has 0 fully saturated rings. The summed E-state index contributed by atoms with van der Waals surface area (Å²) < 4.78 is 5.35. The van der Waals surface area contributed by atoms with Gasteiger partial charge in [-0.15, -0.1) is 0 Å². The average molecular weight is 170 g/mol. The third kappa shape index (κ3) is 2.43. The topological polar surface area (TPSA) is 46.5 Å². The Morgan fingerprint density at radius 2 is 2.42 bits per heavy atom. The lowest BCUT2D eigenvalue weighted by Gasteiger charge is -2.21. The molecule has 1 N–H and O–H groups in total. The highest BCUT2D eigenvalue weighted by atomic mass is 16.5. The molecule has 2 unspecified atom stereocenters. The Hall–Kier alpha value is -0.670. The first-order chi connectivity index (χ1) is 5.74. The number of ketones is 1. The molecule has 0 radical (unpaired) electrons. The van der Waals surface area contributed by atoms with Crippen LogP contribution in [0.2, 0.25) is 0 Å². The second-order valence-corrected chi connectivity index (χ2v) is 2.94. The maximum absolute atomic E-state index is 11.0. The summed E-state index contributed by atoms with van der Waals surface area (Å²) in [5.74, 6) is 0.0234. The average Bonchev–Trinajstić information content (AvgIpc) is 2.07. The highest BCUT2D eigenvalue weighted by molar-refractivity contribution is 5.93. The quantitative estimate of drug-likeness (QED) is 0.677. The SMILES string of the molecule is CC1OC(CCCO)C=CC1=O. The van der Waals surface area contributed by atoms with Gasteiger partial charge in [0.15, 0.2) is 5.78 Å². The van der Waals surface area contributed by atoms with Crippen molar-refractivity contribution in [3.05, 3.63) is 12.2 Å². The molecule has 1 heterocycles. The van der Waals surface area contributed by atoms with Crippen LogP contribution in [0.1, 0.15) is 19.8 Å². The molecule has 68 valence electrons. The first-order valence-corrected chi connectivity index (χ1v) is 4.22. The van der Waals surface area contributed by atoms with Crippen molar-refractivity contribution in [3.63, 3.8) is 0 Å². The number of ether oxygens (including phenoxy) is 1. The maximum atomic E-state index is 11.0. The molecule has 0 saturated carbocycles. The Morgan fingerprint density at radius 3 is 3.00 bits per heavy atom. The number of carbonyl (C=O) groups is 1. The zero-order valence-corrected chi connectivity index (χ0v) is 7.19. The summed E-state index contributed by atoms with van der Waals surface area (Å²) >= 11 is 0. The Balaban J connectivity index is 2.38. The van der Waals surface area contributed by atoms with Crippen molar-refractivity contribution in [3.8, 4) is 0 Å². The molecule has 1 rings (SSSR count). The van der Waals surface area contributed by atoms with Crippen molar-refractivity contribution in [2.45, 2.75) is 32.0 Å². The summed E-state index contributed by atoms with van der Waals surface area (Å²) in [5.41, 5.74) is 0. The van der Waals surface area contributed by atoms with Crippen LogP contribution in [-0.4, -0.2) is 29.7 Å².